The minimum absolute atomic E-state index is 0.334. The molecule has 6 nitrogen and oxygen atoms in total. The number of halogens is 1. The maximum absolute atomic E-state index is 13.1. The molecule has 1 fully saturated rings. The molecule has 1 saturated heterocycles. The summed E-state index contributed by atoms with van der Waals surface area (Å²) in [4.78, 5) is 38.4. The number of nitrogens with zero attached hydrogens (tertiary/aromatic N) is 1. The van der Waals surface area contributed by atoms with E-state index in [9.17, 15) is 18.8 Å². The van der Waals surface area contributed by atoms with Crippen LogP contribution in [0.4, 0.5) is 9.18 Å². The monoisotopic (exact) mass is 356 g/mol. The van der Waals surface area contributed by atoms with Crippen LogP contribution in [0.1, 0.15) is 22.8 Å². The van der Waals surface area contributed by atoms with Crippen LogP contribution in [0.3, 0.4) is 0 Å². The lowest BCUT2D eigenvalue weighted by molar-refractivity contribution is -0.130. The molecule has 0 saturated carbocycles. The molecule has 0 aromatic heterocycles. The van der Waals surface area contributed by atoms with Crippen LogP contribution in [0.15, 0.2) is 48.5 Å². The van der Waals surface area contributed by atoms with Crippen molar-refractivity contribution < 1.29 is 23.5 Å². The van der Waals surface area contributed by atoms with Crippen LogP contribution < -0.4 is 10.1 Å². The molecular weight excluding hydrogens is 339 g/mol. The molecule has 0 radical (unpaired) electrons. The predicted molar refractivity (Wildman–Crippen MR) is 91.3 cm³/mol. The predicted octanol–water partition coefficient (Wildman–Crippen LogP) is 2.48. The highest BCUT2D eigenvalue weighted by Gasteiger charge is 2.49. The van der Waals surface area contributed by atoms with E-state index in [-0.39, 0.29) is 0 Å². The maximum atomic E-state index is 13.1. The van der Waals surface area contributed by atoms with Gasteiger partial charge in [-0.25, -0.2) is 9.18 Å². The molecule has 3 amide bonds. The van der Waals surface area contributed by atoms with Gasteiger partial charge in [0.05, 0.1) is 13.7 Å². The van der Waals surface area contributed by atoms with E-state index in [0.29, 0.717) is 16.9 Å². The molecule has 134 valence electrons. The first kappa shape index (κ1) is 17.6. The molecule has 1 heterocycles. The highest BCUT2D eigenvalue weighted by atomic mass is 19.1. The van der Waals surface area contributed by atoms with E-state index in [2.05, 4.69) is 5.32 Å². The van der Waals surface area contributed by atoms with Crippen LogP contribution in [-0.2, 0) is 10.3 Å². The zero-order chi connectivity index (χ0) is 18.9. The Kier molecular flexibility index (Phi) is 4.46. The van der Waals surface area contributed by atoms with Crippen molar-refractivity contribution in [1.82, 2.24) is 10.2 Å². The fourth-order valence-corrected chi connectivity index (χ4v) is 2.85. The smallest absolute Gasteiger partial charge is 0.325 e. The first-order valence-corrected chi connectivity index (χ1v) is 7.92. The molecule has 1 unspecified atom stereocenters. The van der Waals surface area contributed by atoms with Crippen molar-refractivity contribution in [2.45, 2.75) is 12.5 Å². The van der Waals surface area contributed by atoms with E-state index in [4.69, 9.17) is 4.74 Å². The van der Waals surface area contributed by atoms with Crippen molar-refractivity contribution in [1.29, 1.82) is 0 Å². The Morgan fingerprint density at radius 3 is 2.54 bits per heavy atom. The average Bonchev–Trinajstić information content (AvgIpc) is 2.86. The van der Waals surface area contributed by atoms with Crippen LogP contribution in [0.5, 0.6) is 5.75 Å². The highest BCUT2D eigenvalue weighted by molar-refractivity contribution is 6.11. The summed E-state index contributed by atoms with van der Waals surface area (Å²) >= 11 is 0. The van der Waals surface area contributed by atoms with Crippen LogP contribution in [0.2, 0.25) is 0 Å². The quantitative estimate of drug-likeness (QED) is 0.660. The average molecular weight is 356 g/mol. The SMILES string of the molecule is COc1cccc(C(=O)CN2C(=O)NC(C)(c3ccc(F)cc3)C2=O)c1. The highest BCUT2D eigenvalue weighted by Crippen LogP contribution is 2.29. The van der Waals surface area contributed by atoms with Gasteiger partial charge in [0.1, 0.15) is 17.1 Å². The Labute approximate surface area is 149 Å². The van der Waals surface area contributed by atoms with Crippen LogP contribution >= 0.6 is 0 Å². The Morgan fingerprint density at radius 2 is 1.88 bits per heavy atom. The van der Waals surface area contributed by atoms with Gasteiger partial charge in [-0.1, -0.05) is 24.3 Å². The van der Waals surface area contributed by atoms with E-state index in [0.717, 1.165) is 4.90 Å². The van der Waals surface area contributed by atoms with Gasteiger partial charge in [0.15, 0.2) is 5.78 Å². The largest absolute Gasteiger partial charge is 0.497 e. The Hall–Kier alpha value is -3.22. The van der Waals surface area contributed by atoms with Crippen LogP contribution in [0.25, 0.3) is 0 Å². The summed E-state index contributed by atoms with van der Waals surface area (Å²) in [6.45, 7) is 1.13. The van der Waals surface area contributed by atoms with E-state index < -0.39 is 35.6 Å². The molecule has 1 aliphatic heterocycles. The summed E-state index contributed by atoms with van der Waals surface area (Å²) in [6.07, 6.45) is 0. The Morgan fingerprint density at radius 1 is 1.19 bits per heavy atom. The van der Waals surface area contributed by atoms with Crippen molar-refractivity contribution in [2.24, 2.45) is 0 Å². The third-order valence-electron chi connectivity index (χ3n) is 4.39. The minimum atomic E-state index is -1.35. The normalized spacial score (nSPS) is 19.4. The van der Waals surface area contributed by atoms with E-state index in [1.165, 1.54) is 38.3 Å². The molecule has 7 heteroatoms. The summed E-state index contributed by atoms with van der Waals surface area (Å²) in [5.74, 6) is -0.899. The number of hydrogen-bond donors (Lipinski definition) is 1. The van der Waals surface area contributed by atoms with Crippen molar-refractivity contribution in [3.8, 4) is 5.75 Å². The summed E-state index contributed by atoms with van der Waals surface area (Å²) in [5, 5.41) is 2.58. The zero-order valence-corrected chi connectivity index (χ0v) is 14.3. The van der Waals surface area contributed by atoms with Gasteiger partial charge in [-0.2, -0.15) is 0 Å². The summed E-state index contributed by atoms with van der Waals surface area (Å²) < 4.78 is 18.2. The number of hydrogen-bond acceptors (Lipinski definition) is 4. The van der Waals surface area contributed by atoms with Gasteiger partial charge in [-0.15, -0.1) is 0 Å². The second-order valence-corrected chi connectivity index (χ2v) is 6.11. The van der Waals surface area contributed by atoms with Gasteiger partial charge in [-0.3, -0.25) is 14.5 Å². The second kappa shape index (κ2) is 6.59. The fourth-order valence-electron chi connectivity index (χ4n) is 2.85. The van der Waals surface area contributed by atoms with Gasteiger partial charge >= 0.3 is 6.03 Å². The number of amides is 3. The third kappa shape index (κ3) is 3.03. The van der Waals surface area contributed by atoms with Crippen molar-refractivity contribution in [3.63, 3.8) is 0 Å². The van der Waals surface area contributed by atoms with Crippen molar-refractivity contribution >= 4 is 17.7 Å². The first-order chi connectivity index (χ1) is 12.3. The van der Waals surface area contributed by atoms with E-state index >= 15 is 0 Å². The molecule has 2 aromatic rings. The summed E-state index contributed by atoms with van der Waals surface area (Å²) in [5.41, 5.74) is -0.576. The van der Waals surface area contributed by atoms with Gasteiger partial charge in [0.2, 0.25) is 0 Å². The van der Waals surface area contributed by atoms with Gasteiger partial charge in [0.25, 0.3) is 5.91 Å². The third-order valence-corrected chi connectivity index (χ3v) is 4.39. The zero-order valence-electron chi connectivity index (χ0n) is 14.3. The fraction of sp³-hybridized carbons (Fsp3) is 0.211. The van der Waals surface area contributed by atoms with Gasteiger partial charge < -0.3 is 10.1 Å². The molecule has 1 N–H and O–H groups in total. The molecular formula is C19H17FN2O4. The molecule has 1 atom stereocenters. The lowest BCUT2D eigenvalue weighted by atomic mass is 9.92. The van der Waals surface area contributed by atoms with Gasteiger partial charge in [0, 0.05) is 5.56 Å². The number of rotatable bonds is 5. The van der Waals surface area contributed by atoms with Crippen molar-refractivity contribution in [3.05, 3.63) is 65.5 Å². The lowest BCUT2D eigenvalue weighted by Crippen LogP contribution is -2.41. The van der Waals surface area contributed by atoms with Gasteiger partial charge in [-0.05, 0) is 36.8 Å². The molecule has 0 aliphatic carbocycles. The number of carbonyl (C=O) groups excluding carboxylic acids is 3. The van der Waals surface area contributed by atoms with Crippen LogP contribution in [-0.4, -0.2) is 36.3 Å². The number of nitrogens with one attached hydrogen (secondary N) is 1. The summed E-state index contributed by atoms with van der Waals surface area (Å²) in [6, 6.07) is 11.1. The van der Waals surface area contributed by atoms with Crippen LogP contribution in [0, 0.1) is 5.82 Å². The number of ether oxygens (including phenoxy) is 1. The standard InChI is InChI=1S/C19H17FN2O4/c1-19(13-6-8-14(20)9-7-13)17(24)22(18(25)21-19)11-16(23)12-4-3-5-15(10-12)26-2/h3-10H,11H2,1-2H3,(H,21,25). The number of imide groups is 1. The van der Waals surface area contributed by atoms with Crippen molar-refractivity contribution in [2.75, 3.05) is 13.7 Å². The van der Waals surface area contributed by atoms with E-state index in [1.807, 2.05) is 0 Å². The Balaban J connectivity index is 1.82. The number of methoxy groups -OCH3 is 1. The number of benzene rings is 2. The molecule has 0 bridgehead atoms. The second-order valence-electron chi connectivity index (χ2n) is 6.11. The first-order valence-electron chi connectivity index (χ1n) is 7.92. The number of urea groups is 1. The molecule has 26 heavy (non-hydrogen) atoms. The molecule has 0 spiro atoms. The number of carbonyl (C=O) groups is 3. The summed E-state index contributed by atoms with van der Waals surface area (Å²) in [7, 11) is 1.48. The number of Topliss-reactive ketones (excluding diaryl/α,β-unsaturated/α-hetero) is 1. The molecule has 1 aliphatic rings. The van der Waals surface area contributed by atoms with E-state index in [1.54, 1.807) is 24.3 Å². The maximum Gasteiger partial charge on any atom is 0.325 e. The Bertz CT molecular complexity index is 881. The molecule has 2 aromatic carbocycles. The minimum Gasteiger partial charge on any atom is -0.497 e. The lowest BCUT2D eigenvalue weighted by Gasteiger charge is -2.22. The topological polar surface area (TPSA) is 75.7 Å². The molecule has 3 rings (SSSR count). The number of ketones is 1.